The number of para-hydroxylation sites is 1. The van der Waals surface area contributed by atoms with E-state index in [-0.39, 0.29) is 17.9 Å². The highest BCUT2D eigenvalue weighted by Gasteiger charge is 2.13. The van der Waals surface area contributed by atoms with Gasteiger partial charge in [-0.15, -0.1) is 0 Å². The van der Waals surface area contributed by atoms with Gasteiger partial charge in [0, 0.05) is 11.9 Å². The molecule has 0 unspecified atom stereocenters. The van der Waals surface area contributed by atoms with Crippen molar-refractivity contribution in [3.63, 3.8) is 0 Å². The molecule has 1 aromatic rings. The largest absolute Gasteiger partial charge is 0.461 e. The lowest BCUT2D eigenvalue weighted by Gasteiger charge is -2.08. The van der Waals surface area contributed by atoms with Gasteiger partial charge in [0.05, 0.1) is 11.3 Å². The third-order valence-corrected chi connectivity index (χ3v) is 3.14. The number of rotatable bonds is 4. The third kappa shape index (κ3) is 4.07. The van der Waals surface area contributed by atoms with Gasteiger partial charge < -0.3 is 10.5 Å². The van der Waals surface area contributed by atoms with Gasteiger partial charge in [0.1, 0.15) is 6.61 Å². The zero-order valence-corrected chi connectivity index (χ0v) is 10.6. The van der Waals surface area contributed by atoms with Gasteiger partial charge in [-0.3, -0.25) is 0 Å². The molecule has 0 spiro atoms. The second kappa shape index (κ2) is 5.18. The maximum atomic E-state index is 11.6. The minimum atomic E-state index is -3.13. The average molecular weight is 257 g/mol. The van der Waals surface area contributed by atoms with Crippen molar-refractivity contribution >= 4 is 21.5 Å². The number of sulfone groups is 1. The van der Waals surface area contributed by atoms with E-state index < -0.39 is 15.8 Å². The lowest BCUT2D eigenvalue weighted by Crippen LogP contribution is -2.15. The first-order valence-corrected chi connectivity index (χ1v) is 7.07. The van der Waals surface area contributed by atoms with Crippen molar-refractivity contribution in [1.82, 2.24) is 0 Å². The van der Waals surface area contributed by atoms with Crippen molar-refractivity contribution in [1.29, 1.82) is 0 Å². The standard InChI is InChI=1S/C11H15NO4S/c1-8-4-3-5-9(10(8)12)11(13)16-6-7-17(2,14)15/h3-5H,6-7,12H2,1-2H3. The van der Waals surface area contributed by atoms with Crippen LogP contribution in [0.1, 0.15) is 15.9 Å². The van der Waals surface area contributed by atoms with Crippen molar-refractivity contribution in [3.8, 4) is 0 Å². The molecule has 5 nitrogen and oxygen atoms in total. The van der Waals surface area contributed by atoms with E-state index in [1.165, 1.54) is 0 Å². The highest BCUT2D eigenvalue weighted by atomic mass is 32.2. The molecule has 0 saturated carbocycles. The lowest BCUT2D eigenvalue weighted by atomic mass is 10.1. The maximum absolute atomic E-state index is 11.6. The topological polar surface area (TPSA) is 86.5 Å². The lowest BCUT2D eigenvalue weighted by molar-refractivity contribution is 0.0530. The Balaban J connectivity index is 2.68. The molecule has 0 aliphatic carbocycles. The van der Waals surface area contributed by atoms with E-state index in [2.05, 4.69) is 0 Å². The number of anilines is 1. The van der Waals surface area contributed by atoms with Crippen LogP contribution in [0.25, 0.3) is 0 Å². The van der Waals surface area contributed by atoms with Gasteiger partial charge in [-0.05, 0) is 18.6 Å². The van der Waals surface area contributed by atoms with Crippen LogP contribution in [0.5, 0.6) is 0 Å². The number of esters is 1. The van der Waals surface area contributed by atoms with Crippen LogP contribution in [0.3, 0.4) is 0 Å². The van der Waals surface area contributed by atoms with Gasteiger partial charge in [0.15, 0.2) is 9.84 Å². The summed E-state index contributed by atoms with van der Waals surface area (Å²) < 4.78 is 26.6. The Morgan fingerprint density at radius 2 is 2.06 bits per heavy atom. The fourth-order valence-electron chi connectivity index (χ4n) is 1.22. The third-order valence-electron chi connectivity index (χ3n) is 2.23. The Labute approximate surface area is 100 Å². The predicted octanol–water partition coefficient (Wildman–Crippen LogP) is 0.779. The van der Waals surface area contributed by atoms with Gasteiger partial charge in [-0.25, -0.2) is 13.2 Å². The van der Waals surface area contributed by atoms with Gasteiger partial charge in [-0.2, -0.15) is 0 Å². The Morgan fingerprint density at radius 3 is 2.65 bits per heavy atom. The minimum Gasteiger partial charge on any atom is -0.461 e. The van der Waals surface area contributed by atoms with Gasteiger partial charge in [0.25, 0.3) is 0 Å². The monoisotopic (exact) mass is 257 g/mol. The minimum absolute atomic E-state index is 0.162. The van der Waals surface area contributed by atoms with Crippen molar-refractivity contribution in [2.75, 3.05) is 24.3 Å². The zero-order chi connectivity index (χ0) is 13.1. The van der Waals surface area contributed by atoms with Gasteiger partial charge in [0.2, 0.25) is 0 Å². The first-order chi connectivity index (χ1) is 7.81. The molecule has 0 bridgehead atoms. The van der Waals surface area contributed by atoms with E-state index >= 15 is 0 Å². The molecule has 0 amide bonds. The Hall–Kier alpha value is -1.56. The van der Waals surface area contributed by atoms with Crippen molar-refractivity contribution in [2.45, 2.75) is 6.92 Å². The molecule has 0 aliphatic heterocycles. The summed E-state index contributed by atoms with van der Waals surface area (Å²) >= 11 is 0. The van der Waals surface area contributed by atoms with E-state index in [9.17, 15) is 13.2 Å². The quantitative estimate of drug-likeness (QED) is 0.636. The summed E-state index contributed by atoms with van der Waals surface area (Å²) in [5.74, 6) is -0.792. The van der Waals surface area contributed by atoms with Crippen LogP contribution in [0.2, 0.25) is 0 Å². The number of carbonyl (C=O) groups excluding carboxylic acids is 1. The number of hydrogen-bond acceptors (Lipinski definition) is 5. The molecule has 0 atom stereocenters. The molecular weight excluding hydrogens is 242 g/mol. The molecule has 0 aromatic heterocycles. The second-order valence-electron chi connectivity index (χ2n) is 3.80. The molecule has 0 saturated heterocycles. The highest BCUT2D eigenvalue weighted by Crippen LogP contribution is 2.17. The fourth-order valence-corrected chi connectivity index (χ4v) is 1.61. The molecule has 6 heteroatoms. The molecule has 0 aliphatic rings. The summed E-state index contributed by atoms with van der Waals surface area (Å²) in [6, 6.07) is 5.02. The summed E-state index contributed by atoms with van der Waals surface area (Å²) in [6.45, 7) is 1.62. The molecule has 1 aromatic carbocycles. The summed E-state index contributed by atoms with van der Waals surface area (Å²) in [4.78, 5) is 11.6. The highest BCUT2D eigenvalue weighted by molar-refractivity contribution is 7.90. The number of nitrogens with two attached hydrogens (primary N) is 1. The fraction of sp³-hybridized carbons (Fsp3) is 0.364. The Kier molecular flexibility index (Phi) is 4.11. The number of hydrogen-bond donors (Lipinski definition) is 1. The van der Waals surface area contributed by atoms with Crippen LogP contribution in [0, 0.1) is 6.92 Å². The number of ether oxygens (including phenoxy) is 1. The molecule has 0 heterocycles. The summed E-state index contributed by atoms with van der Waals surface area (Å²) in [6.07, 6.45) is 1.09. The Morgan fingerprint density at radius 1 is 1.41 bits per heavy atom. The SMILES string of the molecule is Cc1cccc(C(=O)OCCS(C)(=O)=O)c1N. The van der Waals surface area contributed by atoms with E-state index in [4.69, 9.17) is 10.5 Å². The predicted molar refractivity (Wildman–Crippen MR) is 65.6 cm³/mol. The van der Waals surface area contributed by atoms with Crippen LogP contribution in [0.4, 0.5) is 5.69 Å². The van der Waals surface area contributed by atoms with E-state index in [0.29, 0.717) is 5.69 Å². The van der Waals surface area contributed by atoms with Crippen LogP contribution < -0.4 is 5.73 Å². The first kappa shape index (κ1) is 13.5. The second-order valence-corrected chi connectivity index (χ2v) is 6.06. The van der Waals surface area contributed by atoms with Crippen LogP contribution in [0.15, 0.2) is 18.2 Å². The van der Waals surface area contributed by atoms with Crippen LogP contribution in [-0.2, 0) is 14.6 Å². The van der Waals surface area contributed by atoms with Crippen LogP contribution >= 0.6 is 0 Å². The van der Waals surface area contributed by atoms with E-state index in [1.807, 2.05) is 0 Å². The smallest absolute Gasteiger partial charge is 0.340 e. The normalized spacial score (nSPS) is 11.2. The molecule has 17 heavy (non-hydrogen) atoms. The van der Waals surface area contributed by atoms with Crippen molar-refractivity contribution in [2.24, 2.45) is 0 Å². The molecule has 1 rings (SSSR count). The van der Waals surface area contributed by atoms with E-state index in [0.717, 1.165) is 11.8 Å². The van der Waals surface area contributed by atoms with Crippen molar-refractivity contribution in [3.05, 3.63) is 29.3 Å². The van der Waals surface area contributed by atoms with Crippen molar-refractivity contribution < 1.29 is 17.9 Å². The number of benzene rings is 1. The Bertz CT molecular complexity index is 522. The molecule has 2 N–H and O–H groups in total. The summed E-state index contributed by atoms with van der Waals surface area (Å²) in [5, 5.41) is 0. The molecular formula is C11H15NO4S. The van der Waals surface area contributed by atoms with Gasteiger partial charge >= 0.3 is 5.97 Å². The number of nitrogen functional groups attached to an aromatic ring is 1. The summed E-state index contributed by atoms with van der Waals surface area (Å²) in [7, 11) is -3.13. The molecule has 0 radical (unpaired) electrons. The van der Waals surface area contributed by atoms with Gasteiger partial charge in [-0.1, -0.05) is 12.1 Å². The number of aryl methyl sites for hydroxylation is 1. The zero-order valence-electron chi connectivity index (χ0n) is 9.76. The average Bonchev–Trinajstić information content (AvgIpc) is 2.20. The van der Waals surface area contributed by atoms with E-state index in [1.54, 1.807) is 25.1 Å². The molecule has 0 fully saturated rings. The van der Waals surface area contributed by atoms with Crippen LogP contribution in [-0.4, -0.2) is 33.0 Å². The summed E-state index contributed by atoms with van der Waals surface area (Å²) in [5.41, 5.74) is 7.12. The number of carbonyl (C=O) groups is 1. The maximum Gasteiger partial charge on any atom is 0.340 e. The first-order valence-electron chi connectivity index (χ1n) is 5.01. The molecule has 94 valence electrons.